The first-order chi connectivity index (χ1) is 8.97. The van der Waals surface area contributed by atoms with E-state index in [0.29, 0.717) is 12.1 Å². The van der Waals surface area contributed by atoms with E-state index < -0.39 is 12.1 Å². The Kier molecular flexibility index (Phi) is 4.07. The van der Waals surface area contributed by atoms with E-state index >= 15 is 0 Å². The van der Waals surface area contributed by atoms with Crippen molar-refractivity contribution in [1.29, 1.82) is 0 Å². The number of carboxylic acids is 1. The van der Waals surface area contributed by atoms with Gasteiger partial charge in [0.2, 0.25) is 0 Å². The fourth-order valence-electron chi connectivity index (χ4n) is 1.99. The molecule has 0 aliphatic carbocycles. The van der Waals surface area contributed by atoms with E-state index in [4.69, 9.17) is 21.4 Å². The molecule has 0 radical (unpaired) electrons. The van der Waals surface area contributed by atoms with Gasteiger partial charge in [-0.1, -0.05) is 11.6 Å². The molecule has 2 atom stereocenters. The minimum atomic E-state index is -1.13. The van der Waals surface area contributed by atoms with E-state index in [1.807, 2.05) is 6.92 Å². The van der Waals surface area contributed by atoms with Crippen LogP contribution >= 0.6 is 11.6 Å². The zero-order chi connectivity index (χ0) is 14.0. The monoisotopic (exact) mass is 283 g/mol. The van der Waals surface area contributed by atoms with E-state index in [1.54, 1.807) is 6.07 Å². The number of halogens is 1. The minimum Gasteiger partial charge on any atom is -0.478 e. The molecule has 2 unspecified atom stereocenters. The molecule has 5 nitrogen and oxygen atoms in total. The number of carbonyl (C=O) groups excluding carboxylic acids is 1. The van der Waals surface area contributed by atoms with Gasteiger partial charge in [0.15, 0.2) is 0 Å². The number of nitrogens with one attached hydrogen (secondary N) is 1. The van der Waals surface area contributed by atoms with Crippen molar-refractivity contribution in [3.05, 3.63) is 28.8 Å². The lowest BCUT2D eigenvalue weighted by Gasteiger charge is -2.12. The quantitative estimate of drug-likeness (QED) is 0.894. The number of benzene rings is 1. The van der Waals surface area contributed by atoms with Crippen LogP contribution in [0.1, 0.15) is 30.1 Å². The van der Waals surface area contributed by atoms with Crippen molar-refractivity contribution in [1.82, 2.24) is 0 Å². The molecule has 1 aromatic rings. The number of ether oxygens (including phenoxy) is 1. The summed E-state index contributed by atoms with van der Waals surface area (Å²) < 4.78 is 5.44. The molecule has 2 N–H and O–H groups in total. The fourth-order valence-corrected chi connectivity index (χ4v) is 2.18. The Labute approximate surface area is 115 Å². The average Bonchev–Trinajstić information content (AvgIpc) is 2.78. The molecular formula is C13H14ClNO4. The molecule has 1 fully saturated rings. The average molecular weight is 284 g/mol. The normalized spacial score (nSPS) is 22.2. The molecule has 1 amide bonds. The first-order valence-corrected chi connectivity index (χ1v) is 6.34. The Morgan fingerprint density at radius 1 is 1.42 bits per heavy atom. The molecule has 1 aliphatic rings. The maximum atomic E-state index is 11.9. The molecular weight excluding hydrogens is 270 g/mol. The summed E-state index contributed by atoms with van der Waals surface area (Å²) in [6.45, 7) is 1.91. The number of hydrogen-bond acceptors (Lipinski definition) is 3. The summed E-state index contributed by atoms with van der Waals surface area (Å²) in [5.41, 5.74) is 0.357. The maximum absolute atomic E-state index is 11.9. The number of amides is 1. The summed E-state index contributed by atoms with van der Waals surface area (Å²) in [6.07, 6.45) is 1.13. The molecule has 19 heavy (non-hydrogen) atoms. The van der Waals surface area contributed by atoms with Crippen molar-refractivity contribution in [2.45, 2.75) is 32.0 Å². The van der Waals surface area contributed by atoms with Crippen molar-refractivity contribution in [3.63, 3.8) is 0 Å². The van der Waals surface area contributed by atoms with Crippen LogP contribution in [-0.4, -0.2) is 29.2 Å². The van der Waals surface area contributed by atoms with E-state index in [2.05, 4.69) is 5.32 Å². The predicted molar refractivity (Wildman–Crippen MR) is 70.6 cm³/mol. The predicted octanol–water partition coefficient (Wildman–Crippen LogP) is 2.54. The lowest BCUT2D eigenvalue weighted by molar-refractivity contribution is -0.126. The summed E-state index contributed by atoms with van der Waals surface area (Å²) in [5.74, 6) is -1.39. The lowest BCUT2D eigenvalue weighted by atomic mass is 10.1. The molecule has 102 valence electrons. The van der Waals surface area contributed by atoms with E-state index in [0.717, 1.165) is 6.42 Å². The van der Waals surface area contributed by atoms with Crippen molar-refractivity contribution < 1.29 is 19.4 Å². The Bertz CT molecular complexity index is 517. The van der Waals surface area contributed by atoms with Gasteiger partial charge in [0.25, 0.3) is 5.91 Å². The highest BCUT2D eigenvalue weighted by atomic mass is 35.5. The van der Waals surface area contributed by atoms with E-state index in [-0.39, 0.29) is 22.6 Å². The van der Waals surface area contributed by atoms with Crippen LogP contribution in [0.4, 0.5) is 5.69 Å². The van der Waals surface area contributed by atoms with Crippen LogP contribution in [-0.2, 0) is 9.53 Å². The van der Waals surface area contributed by atoms with Crippen LogP contribution in [0.25, 0.3) is 0 Å². The third-order valence-electron chi connectivity index (χ3n) is 2.99. The molecule has 1 aromatic carbocycles. The molecule has 0 bridgehead atoms. The second-order valence-corrected chi connectivity index (χ2v) is 4.91. The Morgan fingerprint density at radius 3 is 2.74 bits per heavy atom. The first kappa shape index (κ1) is 13.8. The SMILES string of the molecule is CC1CCC(C(=O)Nc2ccc(Cl)c(C(=O)O)c2)O1. The number of carbonyl (C=O) groups is 2. The Hall–Kier alpha value is -1.59. The second-order valence-electron chi connectivity index (χ2n) is 4.50. The smallest absolute Gasteiger partial charge is 0.337 e. The number of rotatable bonds is 3. The highest BCUT2D eigenvalue weighted by molar-refractivity contribution is 6.33. The largest absolute Gasteiger partial charge is 0.478 e. The summed E-state index contributed by atoms with van der Waals surface area (Å²) >= 11 is 5.76. The molecule has 0 spiro atoms. The highest BCUT2D eigenvalue weighted by Crippen LogP contribution is 2.23. The number of anilines is 1. The topological polar surface area (TPSA) is 75.6 Å². The number of hydrogen-bond donors (Lipinski definition) is 2. The van der Waals surface area contributed by atoms with Crippen LogP contribution in [0, 0.1) is 0 Å². The molecule has 1 saturated heterocycles. The van der Waals surface area contributed by atoms with Crippen molar-refractivity contribution in [3.8, 4) is 0 Å². The molecule has 1 aliphatic heterocycles. The summed E-state index contributed by atoms with van der Waals surface area (Å²) in [4.78, 5) is 22.8. The standard InChI is InChI=1S/C13H14ClNO4/c1-7-2-5-11(19-7)12(16)15-8-3-4-10(14)9(6-8)13(17)18/h3-4,6-7,11H,2,5H2,1H3,(H,15,16)(H,17,18). The second kappa shape index (κ2) is 5.59. The molecule has 0 saturated carbocycles. The van der Waals surface area contributed by atoms with E-state index in [9.17, 15) is 9.59 Å². The summed E-state index contributed by atoms with van der Waals surface area (Å²) in [5, 5.41) is 11.7. The van der Waals surface area contributed by atoms with Crippen LogP contribution in [0.15, 0.2) is 18.2 Å². The van der Waals surface area contributed by atoms with Gasteiger partial charge in [-0.3, -0.25) is 4.79 Å². The molecule has 2 rings (SSSR count). The van der Waals surface area contributed by atoms with Gasteiger partial charge in [-0.15, -0.1) is 0 Å². The zero-order valence-electron chi connectivity index (χ0n) is 10.4. The minimum absolute atomic E-state index is 0.0415. The van der Waals surface area contributed by atoms with Gasteiger partial charge in [-0.25, -0.2) is 4.79 Å². The summed E-state index contributed by atoms with van der Waals surface area (Å²) in [6, 6.07) is 4.34. The van der Waals surface area contributed by atoms with Gasteiger partial charge in [0.05, 0.1) is 16.7 Å². The lowest BCUT2D eigenvalue weighted by Crippen LogP contribution is -2.27. The third kappa shape index (κ3) is 3.24. The third-order valence-corrected chi connectivity index (χ3v) is 3.32. The van der Waals surface area contributed by atoms with Crippen LogP contribution in [0.3, 0.4) is 0 Å². The van der Waals surface area contributed by atoms with Crippen LogP contribution in [0.2, 0.25) is 5.02 Å². The van der Waals surface area contributed by atoms with Crippen LogP contribution < -0.4 is 5.32 Å². The van der Waals surface area contributed by atoms with Gasteiger partial charge in [0, 0.05) is 5.69 Å². The van der Waals surface area contributed by atoms with E-state index in [1.165, 1.54) is 12.1 Å². The van der Waals surface area contributed by atoms with Gasteiger partial charge >= 0.3 is 5.97 Å². The molecule has 1 heterocycles. The van der Waals surface area contributed by atoms with Crippen molar-refractivity contribution in [2.24, 2.45) is 0 Å². The van der Waals surface area contributed by atoms with Crippen LogP contribution in [0.5, 0.6) is 0 Å². The Balaban J connectivity index is 2.09. The van der Waals surface area contributed by atoms with Gasteiger partial charge in [0.1, 0.15) is 6.10 Å². The molecule has 6 heteroatoms. The first-order valence-electron chi connectivity index (χ1n) is 5.96. The number of carboxylic acid groups (broad SMARTS) is 1. The molecule has 0 aromatic heterocycles. The highest BCUT2D eigenvalue weighted by Gasteiger charge is 2.28. The summed E-state index contributed by atoms with van der Waals surface area (Å²) in [7, 11) is 0. The van der Waals surface area contributed by atoms with Crippen molar-refractivity contribution >= 4 is 29.2 Å². The fraction of sp³-hybridized carbons (Fsp3) is 0.385. The van der Waals surface area contributed by atoms with Gasteiger partial charge in [-0.2, -0.15) is 0 Å². The van der Waals surface area contributed by atoms with Crippen molar-refractivity contribution in [2.75, 3.05) is 5.32 Å². The maximum Gasteiger partial charge on any atom is 0.337 e. The van der Waals surface area contributed by atoms with Gasteiger partial charge < -0.3 is 15.2 Å². The Morgan fingerprint density at radius 2 is 2.16 bits per heavy atom. The zero-order valence-corrected chi connectivity index (χ0v) is 11.1. The number of aromatic carboxylic acids is 1. The van der Waals surface area contributed by atoms with Gasteiger partial charge in [-0.05, 0) is 38.0 Å².